The number of halogens is 1. The molecule has 29 heavy (non-hydrogen) atoms. The molecule has 0 aliphatic carbocycles. The SMILES string of the molecule is COc1ccc(NC(=O)[C@@H]2C[C@@H]3CCCN3[C@]23C(=O)Nc2ccc(F)cc23)cc1. The van der Waals surface area contributed by atoms with Crippen molar-refractivity contribution in [3.05, 3.63) is 53.8 Å². The van der Waals surface area contributed by atoms with Crippen LogP contribution in [0.2, 0.25) is 0 Å². The first-order chi connectivity index (χ1) is 14.0. The van der Waals surface area contributed by atoms with Gasteiger partial charge >= 0.3 is 0 Å². The number of methoxy groups -OCH3 is 1. The molecule has 2 aromatic rings. The lowest BCUT2D eigenvalue weighted by atomic mass is 9.78. The third kappa shape index (κ3) is 2.57. The first-order valence-corrected chi connectivity index (χ1v) is 9.87. The van der Waals surface area contributed by atoms with Crippen molar-refractivity contribution in [2.45, 2.75) is 30.8 Å². The van der Waals surface area contributed by atoms with Gasteiger partial charge in [0.2, 0.25) is 11.8 Å². The molecule has 7 heteroatoms. The van der Waals surface area contributed by atoms with Crippen molar-refractivity contribution in [3.63, 3.8) is 0 Å². The summed E-state index contributed by atoms with van der Waals surface area (Å²) in [6.45, 7) is 0.723. The summed E-state index contributed by atoms with van der Waals surface area (Å²) in [5.41, 5.74) is 0.638. The maximum atomic E-state index is 14.1. The lowest BCUT2D eigenvalue weighted by Crippen LogP contribution is -2.53. The molecule has 0 aromatic heterocycles. The Labute approximate surface area is 168 Å². The molecule has 0 bridgehead atoms. The molecule has 6 nitrogen and oxygen atoms in total. The molecule has 3 aliphatic rings. The van der Waals surface area contributed by atoms with Crippen LogP contribution < -0.4 is 15.4 Å². The van der Waals surface area contributed by atoms with E-state index in [1.54, 1.807) is 37.4 Å². The predicted molar refractivity (Wildman–Crippen MR) is 106 cm³/mol. The number of ether oxygens (including phenoxy) is 1. The Kier molecular flexibility index (Phi) is 4.10. The van der Waals surface area contributed by atoms with Gasteiger partial charge in [0.15, 0.2) is 0 Å². The van der Waals surface area contributed by atoms with E-state index < -0.39 is 17.3 Å². The van der Waals surface area contributed by atoms with E-state index in [0.717, 1.165) is 19.4 Å². The van der Waals surface area contributed by atoms with Crippen LogP contribution in [0.15, 0.2) is 42.5 Å². The highest BCUT2D eigenvalue weighted by Crippen LogP contribution is 2.55. The molecule has 2 saturated heterocycles. The normalized spacial score (nSPS) is 27.6. The van der Waals surface area contributed by atoms with Gasteiger partial charge < -0.3 is 15.4 Å². The topological polar surface area (TPSA) is 70.7 Å². The summed E-state index contributed by atoms with van der Waals surface area (Å²) in [7, 11) is 1.58. The second-order valence-corrected chi connectivity index (χ2v) is 7.91. The van der Waals surface area contributed by atoms with Gasteiger partial charge in [-0.1, -0.05) is 0 Å². The second-order valence-electron chi connectivity index (χ2n) is 7.91. The average Bonchev–Trinajstić information content (AvgIpc) is 3.37. The highest BCUT2D eigenvalue weighted by atomic mass is 19.1. The predicted octanol–water partition coefficient (Wildman–Crippen LogP) is 3.10. The molecule has 2 fully saturated rings. The minimum atomic E-state index is -1.16. The summed E-state index contributed by atoms with van der Waals surface area (Å²) in [4.78, 5) is 28.8. The molecule has 0 unspecified atom stereocenters. The average molecular weight is 395 g/mol. The number of hydrogen-bond acceptors (Lipinski definition) is 4. The zero-order valence-electron chi connectivity index (χ0n) is 16.1. The van der Waals surface area contributed by atoms with Gasteiger partial charge in [0.05, 0.1) is 13.0 Å². The summed E-state index contributed by atoms with van der Waals surface area (Å²) in [5, 5.41) is 5.84. The number of nitrogens with zero attached hydrogens (tertiary/aromatic N) is 1. The largest absolute Gasteiger partial charge is 0.497 e. The Morgan fingerprint density at radius 2 is 2.07 bits per heavy atom. The first-order valence-electron chi connectivity index (χ1n) is 9.87. The van der Waals surface area contributed by atoms with Crippen LogP contribution in [-0.2, 0) is 15.1 Å². The molecule has 2 N–H and O–H groups in total. The Hall–Kier alpha value is -2.93. The van der Waals surface area contributed by atoms with Crippen molar-refractivity contribution >= 4 is 23.2 Å². The summed E-state index contributed by atoms with van der Waals surface area (Å²) < 4.78 is 19.3. The van der Waals surface area contributed by atoms with Crippen LogP contribution in [0.1, 0.15) is 24.8 Å². The van der Waals surface area contributed by atoms with E-state index in [2.05, 4.69) is 15.5 Å². The van der Waals surface area contributed by atoms with E-state index in [-0.39, 0.29) is 17.9 Å². The van der Waals surface area contributed by atoms with Crippen LogP contribution in [0.4, 0.5) is 15.8 Å². The molecule has 2 amide bonds. The quantitative estimate of drug-likeness (QED) is 0.838. The molecule has 5 rings (SSSR count). The van der Waals surface area contributed by atoms with Crippen LogP contribution in [0.5, 0.6) is 5.75 Å². The van der Waals surface area contributed by atoms with E-state index in [1.165, 1.54) is 12.1 Å². The minimum Gasteiger partial charge on any atom is -0.497 e. The second kappa shape index (κ2) is 6.56. The fraction of sp³-hybridized carbons (Fsp3) is 0.364. The Morgan fingerprint density at radius 1 is 1.28 bits per heavy atom. The molecule has 0 radical (unpaired) electrons. The number of anilines is 2. The molecule has 3 atom stereocenters. The summed E-state index contributed by atoms with van der Waals surface area (Å²) in [6, 6.07) is 11.5. The van der Waals surface area contributed by atoms with Crippen LogP contribution >= 0.6 is 0 Å². The summed E-state index contributed by atoms with van der Waals surface area (Å²) >= 11 is 0. The number of rotatable bonds is 3. The molecule has 2 aromatic carbocycles. The number of fused-ring (bicyclic) bond motifs is 4. The van der Waals surface area contributed by atoms with Crippen LogP contribution in [0.3, 0.4) is 0 Å². The van der Waals surface area contributed by atoms with Gasteiger partial charge in [-0.15, -0.1) is 0 Å². The van der Waals surface area contributed by atoms with E-state index in [9.17, 15) is 14.0 Å². The van der Waals surface area contributed by atoms with Crippen molar-refractivity contribution in [2.24, 2.45) is 5.92 Å². The number of hydrogen-bond donors (Lipinski definition) is 2. The zero-order valence-corrected chi connectivity index (χ0v) is 16.1. The lowest BCUT2D eigenvalue weighted by Gasteiger charge is -2.36. The summed E-state index contributed by atoms with van der Waals surface area (Å²) in [5.74, 6) is -0.774. The maximum absolute atomic E-state index is 14.1. The number of nitrogens with one attached hydrogen (secondary N) is 2. The van der Waals surface area contributed by atoms with Crippen LogP contribution in [0, 0.1) is 11.7 Å². The van der Waals surface area contributed by atoms with Gasteiger partial charge in [-0.05, 0) is 68.3 Å². The van der Waals surface area contributed by atoms with Crippen molar-refractivity contribution in [1.82, 2.24) is 4.90 Å². The smallest absolute Gasteiger partial charge is 0.250 e. The van der Waals surface area contributed by atoms with Crippen molar-refractivity contribution in [1.29, 1.82) is 0 Å². The van der Waals surface area contributed by atoms with E-state index >= 15 is 0 Å². The number of carbonyl (C=O) groups excluding carboxylic acids is 2. The molecular formula is C22H22FN3O3. The van der Waals surface area contributed by atoms with Gasteiger partial charge in [0.1, 0.15) is 17.1 Å². The molecule has 0 saturated carbocycles. The van der Waals surface area contributed by atoms with Crippen molar-refractivity contribution in [3.8, 4) is 5.75 Å². The third-order valence-corrected chi connectivity index (χ3v) is 6.50. The standard InChI is InChI=1S/C22H22FN3O3/c1-29-16-7-5-14(6-8-16)24-20(27)18-12-15-3-2-10-26(15)22(18)17-11-13(23)4-9-19(17)25-21(22)28/h4-9,11,15,18H,2-3,10,12H2,1H3,(H,24,27)(H,25,28)/t15-,18-,22-/m0/s1. The number of benzene rings is 2. The highest BCUT2D eigenvalue weighted by Gasteiger charge is 2.65. The van der Waals surface area contributed by atoms with Gasteiger partial charge in [0, 0.05) is 23.0 Å². The van der Waals surface area contributed by atoms with E-state index in [0.29, 0.717) is 29.1 Å². The molecule has 1 spiro atoms. The van der Waals surface area contributed by atoms with E-state index in [4.69, 9.17) is 4.74 Å². The first kappa shape index (κ1) is 18.1. The van der Waals surface area contributed by atoms with Gasteiger partial charge in [-0.2, -0.15) is 0 Å². The number of carbonyl (C=O) groups is 2. The molecular weight excluding hydrogens is 373 g/mol. The Morgan fingerprint density at radius 3 is 2.83 bits per heavy atom. The molecule has 150 valence electrons. The van der Waals surface area contributed by atoms with E-state index in [1.807, 2.05) is 0 Å². The third-order valence-electron chi connectivity index (χ3n) is 6.50. The van der Waals surface area contributed by atoms with Crippen molar-refractivity contribution < 1.29 is 18.7 Å². The highest BCUT2D eigenvalue weighted by molar-refractivity contribution is 6.10. The fourth-order valence-corrected chi connectivity index (χ4v) is 5.30. The van der Waals surface area contributed by atoms with Gasteiger partial charge in [-0.25, -0.2) is 4.39 Å². The summed E-state index contributed by atoms with van der Waals surface area (Å²) in [6.07, 6.45) is 2.48. The zero-order chi connectivity index (χ0) is 20.2. The monoisotopic (exact) mass is 395 g/mol. The lowest BCUT2D eigenvalue weighted by molar-refractivity contribution is -0.135. The minimum absolute atomic E-state index is 0.140. The van der Waals surface area contributed by atoms with Crippen LogP contribution in [0.25, 0.3) is 0 Å². The van der Waals surface area contributed by atoms with Gasteiger partial charge in [-0.3, -0.25) is 14.5 Å². The molecule has 3 heterocycles. The van der Waals surface area contributed by atoms with Crippen molar-refractivity contribution in [2.75, 3.05) is 24.3 Å². The maximum Gasteiger partial charge on any atom is 0.250 e. The van der Waals surface area contributed by atoms with Crippen LogP contribution in [-0.4, -0.2) is 36.4 Å². The molecule has 3 aliphatic heterocycles. The Balaban J connectivity index is 1.55. The van der Waals surface area contributed by atoms with Gasteiger partial charge in [0.25, 0.3) is 0 Å². The fourth-order valence-electron chi connectivity index (χ4n) is 5.30. The Bertz CT molecular complexity index is 993. The number of amides is 2.